The standard InChI is InChI=1S/C12H6Cl3N3O3/c13-6-1-2-16-10(3-6)17-12(19)8-4-7(18(20)21)5-9(14)11(8)15/h1-5H,(H,16,17,19). The average molecular weight is 347 g/mol. The minimum absolute atomic E-state index is 0.0817. The minimum atomic E-state index is -0.680. The summed E-state index contributed by atoms with van der Waals surface area (Å²) >= 11 is 17.5. The van der Waals surface area contributed by atoms with Crippen molar-refractivity contribution in [2.45, 2.75) is 0 Å². The highest BCUT2D eigenvalue weighted by molar-refractivity contribution is 6.44. The number of nitro groups is 1. The van der Waals surface area contributed by atoms with Crippen LogP contribution in [0.2, 0.25) is 15.1 Å². The van der Waals surface area contributed by atoms with E-state index < -0.39 is 10.8 Å². The molecule has 6 nitrogen and oxygen atoms in total. The maximum Gasteiger partial charge on any atom is 0.271 e. The van der Waals surface area contributed by atoms with Gasteiger partial charge in [0.2, 0.25) is 0 Å². The van der Waals surface area contributed by atoms with Crippen LogP contribution in [-0.4, -0.2) is 15.8 Å². The van der Waals surface area contributed by atoms with Gasteiger partial charge >= 0.3 is 0 Å². The van der Waals surface area contributed by atoms with Gasteiger partial charge in [-0.3, -0.25) is 14.9 Å². The first-order valence-corrected chi connectivity index (χ1v) is 6.58. The first-order chi connectivity index (χ1) is 9.88. The number of amides is 1. The monoisotopic (exact) mass is 345 g/mol. The van der Waals surface area contributed by atoms with Gasteiger partial charge < -0.3 is 5.32 Å². The molecule has 0 aliphatic rings. The molecular formula is C12H6Cl3N3O3. The first-order valence-electron chi connectivity index (χ1n) is 5.45. The highest BCUT2D eigenvalue weighted by atomic mass is 35.5. The molecule has 0 atom stereocenters. The van der Waals surface area contributed by atoms with Crippen molar-refractivity contribution in [3.05, 3.63) is 61.2 Å². The molecule has 0 spiro atoms. The molecule has 0 aliphatic heterocycles. The molecule has 1 aromatic heterocycles. The van der Waals surface area contributed by atoms with Gasteiger partial charge in [0, 0.05) is 23.4 Å². The van der Waals surface area contributed by atoms with Crippen molar-refractivity contribution in [2.24, 2.45) is 0 Å². The molecule has 21 heavy (non-hydrogen) atoms. The van der Waals surface area contributed by atoms with E-state index in [1.807, 2.05) is 0 Å². The van der Waals surface area contributed by atoms with E-state index in [4.69, 9.17) is 34.8 Å². The Morgan fingerprint density at radius 1 is 1.24 bits per heavy atom. The number of carbonyl (C=O) groups is 1. The Balaban J connectivity index is 2.37. The summed E-state index contributed by atoms with van der Waals surface area (Å²) in [4.78, 5) is 26.1. The topological polar surface area (TPSA) is 85.1 Å². The third kappa shape index (κ3) is 3.60. The van der Waals surface area contributed by atoms with E-state index in [1.165, 1.54) is 18.3 Å². The lowest BCUT2D eigenvalue weighted by Gasteiger charge is -2.07. The number of aromatic nitrogens is 1. The number of nitro benzene ring substituents is 1. The smallest absolute Gasteiger partial charge is 0.271 e. The summed E-state index contributed by atoms with van der Waals surface area (Å²) in [6.45, 7) is 0. The number of non-ortho nitro benzene ring substituents is 1. The number of rotatable bonds is 3. The van der Waals surface area contributed by atoms with Crippen LogP contribution in [0, 0.1) is 10.1 Å². The SMILES string of the molecule is O=C(Nc1cc(Cl)ccn1)c1cc([N+](=O)[O-])cc(Cl)c1Cl. The molecule has 2 aromatic rings. The van der Waals surface area contributed by atoms with Gasteiger partial charge in [0.1, 0.15) is 5.82 Å². The van der Waals surface area contributed by atoms with E-state index in [0.717, 1.165) is 12.1 Å². The number of hydrogen-bond donors (Lipinski definition) is 1. The summed E-state index contributed by atoms with van der Waals surface area (Å²) in [6.07, 6.45) is 1.40. The number of benzene rings is 1. The van der Waals surface area contributed by atoms with Crippen molar-refractivity contribution in [2.75, 3.05) is 5.32 Å². The Labute approximate surface area is 133 Å². The largest absolute Gasteiger partial charge is 0.306 e. The molecule has 0 bridgehead atoms. The van der Waals surface area contributed by atoms with Gasteiger partial charge in [-0.2, -0.15) is 0 Å². The van der Waals surface area contributed by atoms with Crippen molar-refractivity contribution < 1.29 is 9.72 Å². The van der Waals surface area contributed by atoms with Crippen LogP contribution < -0.4 is 5.32 Å². The molecule has 0 saturated heterocycles. The molecule has 9 heteroatoms. The molecule has 1 heterocycles. The number of hydrogen-bond acceptors (Lipinski definition) is 4. The molecule has 1 amide bonds. The number of halogens is 3. The van der Waals surface area contributed by atoms with Gasteiger partial charge in [0.15, 0.2) is 0 Å². The molecule has 1 aromatic carbocycles. The summed E-state index contributed by atoms with van der Waals surface area (Å²) in [5, 5.41) is 13.4. The highest BCUT2D eigenvalue weighted by Crippen LogP contribution is 2.31. The van der Waals surface area contributed by atoms with Crippen LogP contribution in [0.4, 0.5) is 11.5 Å². The highest BCUT2D eigenvalue weighted by Gasteiger charge is 2.19. The molecule has 0 radical (unpaired) electrons. The van der Waals surface area contributed by atoms with E-state index in [1.54, 1.807) is 0 Å². The number of pyridine rings is 1. The van der Waals surface area contributed by atoms with Crippen LogP contribution in [0.15, 0.2) is 30.5 Å². The lowest BCUT2D eigenvalue weighted by molar-refractivity contribution is -0.384. The minimum Gasteiger partial charge on any atom is -0.306 e. The molecular weight excluding hydrogens is 341 g/mol. The molecule has 0 unspecified atom stereocenters. The third-order valence-corrected chi connectivity index (χ3v) is 3.47. The van der Waals surface area contributed by atoms with Gasteiger partial charge in [-0.15, -0.1) is 0 Å². The lowest BCUT2D eigenvalue weighted by atomic mass is 10.2. The zero-order valence-corrected chi connectivity index (χ0v) is 12.4. The predicted octanol–water partition coefficient (Wildman–Crippen LogP) is 4.20. The molecule has 2 rings (SSSR count). The summed E-state index contributed by atoms with van der Waals surface area (Å²) < 4.78 is 0. The zero-order valence-electron chi connectivity index (χ0n) is 10.1. The number of nitrogens with zero attached hydrogens (tertiary/aromatic N) is 2. The predicted molar refractivity (Wildman–Crippen MR) is 80.3 cm³/mol. The van der Waals surface area contributed by atoms with Gasteiger partial charge in [0.25, 0.3) is 11.6 Å². The van der Waals surface area contributed by atoms with E-state index in [0.29, 0.717) is 5.02 Å². The van der Waals surface area contributed by atoms with Gasteiger partial charge in [-0.05, 0) is 12.1 Å². The first kappa shape index (κ1) is 15.5. The second-order valence-electron chi connectivity index (χ2n) is 3.86. The van der Waals surface area contributed by atoms with Crippen LogP contribution >= 0.6 is 34.8 Å². The van der Waals surface area contributed by atoms with Crippen molar-refractivity contribution >= 4 is 52.2 Å². The van der Waals surface area contributed by atoms with E-state index in [9.17, 15) is 14.9 Å². The Bertz CT molecular complexity index is 737. The Morgan fingerprint density at radius 3 is 2.57 bits per heavy atom. The molecule has 108 valence electrons. The van der Waals surface area contributed by atoms with Gasteiger partial charge in [-0.1, -0.05) is 34.8 Å². The van der Waals surface area contributed by atoms with Crippen LogP contribution in [0.5, 0.6) is 0 Å². The second-order valence-corrected chi connectivity index (χ2v) is 5.08. The van der Waals surface area contributed by atoms with Gasteiger partial charge in [-0.25, -0.2) is 4.98 Å². The van der Waals surface area contributed by atoms with Crippen molar-refractivity contribution in [3.8, 4) is 0 Å². The van der Waals surface area contributed by atoms with Crippen LogP contribution in [0.1, 0.15) is 10.4 Å². The number of carbonyl (C=O) groups excluding carboxylic acids is 1. The summed E-state index contributed by atoms with van der Waals surface area (Å²) in [6, 6.07) is 5.06. The lowest BCUT2D eigenvalue weighted by Crippen LogP contribution is -2.14. The Hall–Kier alpha value is -1.89. The van der Waals surface area contributed by atoms with E-state index in [2.05, 4.69) is 10.3 Å². The van der Waals surface area contributed by atoms with E-state index in [-0.39, 0.29) is 27.1 Å². The molecule has 0 saturated carbocycles. The molecule has 0 fully saturated rings. The van der Waals surface area contributed by atoms with Gasteiger partial charge in [0.05, 0.1) is 20.5 Å². The zero-order chi connectivity index (χ0) is 15.6. The number of nitrogens with one attached hydrogen (secondary N) is 1. The van der Waals surface area contributed by atoms with Crippen LogP contribution in [0.25, 0.3) is 0 Å². The summed E-state index contributed by atoms with van der Waals surface area (Å²) in [5.74, 6) is -0.494. The Kier molecular flexibility index (Phi) is 4.62. The van der Waals surface area contributed by atoms with Crippen molar-refractivity contribution in [1.82, 2.24) is 4.98 Å². The van der Waals surface area contributed by atoms with Crippen LogP contribution in [-0.2, 0) is 0 Å². The summed E-state index contributed by atoms with van der Waals surface area (Å²) in [7, 11) is 0. The van der Waals surface area contributed by atoms with E-state index >= 15 is 0 Å². The fraction of sp³-hybridized carbons (Fsp3) is 0. The van der Waals surface area contributed by atoms with Crippen LogP contribution in [0.3, 0.4) is 0 Å². The maximum atomic E-state index is 12.1. The molecule has 1 N–H and O–H groups in total. The third-order valence-electron chi connectivity index (χ3n) is 2.43. The van der Waals surface area contributed by atoms with Crippen molar-refractivity contribution in [3.63, 3.8) is 0 Å². The maximum absolute atomic E-state index is 12.1. The fourth-order valence-corrected chi connectivity index (χ4v) is 2.07. The average Bonchev–Trinajstić information content (AvgIpc) is 2.41. The second kappa shape index (κ2) is 6.26. The quantitative estimate of drug-likeness (QED) is 0.666. The molecule has 0 aliphatic carbocycles. The Morgan fingerprint density at radius 2 is 1.95 bits per heavy atom. The van der Waals surface area contributed by atoms with Crippen molar-refractivity contribution in [1.29, 1.82) is 0 Å². The normalized spacial score (nSPS) is 10.2. The number of anilines is 1. The summed E-state index contributed by atoms with van der Waals surface area (Å²) in [5.41, 5.74) is -0.466. The fourth-order valence-electron chi connectivity index (χ4n) is 1.50.